The molecule has 3 heterocycles. The molecule has 0 amide bonds. The fourth-order valence-electron chi connectivity index (χ4n) is 3.35. The number of hydrogen-bond acceptors (Lipinski definition) is 4. The zero-order valence-electron chi connectivity index (χ0n) is 15.0. The summed E-state index contributed by atoms with van der Waals surface area (Å²) in [7, 11) is 1.36. The van der Waals surface area contributed by atoms with Gasteiger partial charge in [-0.05, 0) is 43.3 Å². The number of carbonyl (C=O) groups is 1. The van der Waals surface area contributed by atoms with Crippen LogP contribution < -0.4 is 0 Å². The highest BCUT2D eigenvalue weighted by Crippen LogP contribution is 2.41. The molecule has 0 aliphatic carbocycles. The maximum Gasteiger partial charge on any atom is 0.339 e. The molecule has 0 N–H and O–H groups in total. The van der Waals surface area contributed by atoms with Gasteiger partial charge in [0.25, 0.3) is 0 Å². The van der Waals surface area contributed by atoms with Crippen LogP contribution in [0.3, 0.4) is 0 Å². The second kappa shape index (κ2) is 6.99. The third kappa shape index (κ3) is 3.04. The van der Waals surface area contributed by atoms with E-state index in [2.05, 4.69) is 5.16 Å². The van der Waals surface area contributed by atoms with Crippen LogP contribution in [0.5, 0.6) is 0 Å². The summed E-state index contributed by atoms with van der Waals surface area (Å²) in [6.45, 7) is 1.91. The molecule has 1 aliphatic heterocycles. The Morgan fingerprint density at radius 2 is 1.93 bits per heavy atom. The lowest BCUT2D eigenvalue weighted by Crippen LogP contribution is -2.22. The van der Waals surface area contributed by atoms with Gasteiger partial charge in [-0.25, -0.2) is 4.79 Å². The van der Waals surface area contributed by atoms with E-state index < -0.39 is 11.6 Å². The van der Waals surface area contributed by atoms with Crippen LogP contribution in [0.4, 0.5) is 0 Å². The molecule has 0 saturated heterocycles. The van der Waals surface area contributed by atoms with E-state index in [1.54, 1.807) is 18.2 Å². The molecule has 5 nitrogen and oxygen atoms in total. The molecule has 3 aromatic rings. The molecule has 28 heavy (non-hydrogen) atoms. The highest BCUT2D eigenvalue weighted by Gasteiger charge is 2.38. The summed E-state index contributed by atoms with van der Waals surface area (Å²) in [5.74, 6) is -0.393. The van der Waals surface area contributed by atoms with Gasteiger partial charge in [-0.15, -0.1) is 0 Å². The first-order chi connectivity index (χ1) is 13.3. The van der Waals surface area contributed by atoms with Crippen molar-refractivity contribution >= 4 is 52.0 Å². The Labute approximate surface area is 176 Å². The number of hydrogen-bond donors (Lipinski definition) is 0. The number of nitrogens with zero attached hydrogens (tertiary/aromatic N) is 2. The predicted molar refractivity (Wildman–Crippen MR) is 110 cm³/mol. The minimum atomic E-state index is -0.742. The molecule has 0 fully saturated rings. The van der Waals surface area contributed by atoms with E-state index in [4.69, 9.17) is 44.4 Å². The molecule has 1 aromatic carbocycles. The summed E-state index contributed by atoms with van der Waals surface area (Å²) in [5, 5.41) is 5.33. The molecular formula is C20H15Cl3N2O3. The Balaban J connectivity index is 1.72. The second-order valence-electron chi connectivity index (χ2n) is 6.68. The van der Waals surface area contributed by atoms with E-state index in [1.807, 2.05) is 35.7 Å². The Morgan fingerprint density at radius 3 is 2.61 bits per heavy atom. The molecule has 1 unspecified atom stereocenters. The van der Waals surface area contributed by atoms with E-state index in [0.29, 0.717) is 27.1 Å². The van der Waals surface area contributed by atoms with Crippen molar-refractivity contribution in [2.75, 3.05) is 7.11 Å². The zero-order valence-corrected chi connectivity index (χ0v) is 17.3. The molecule has 8 heteroatoms. The van der Waals surface area contributed by atoms with Crippen molar-refractivity contribution in [3.05, 3.63) is 74.5 Å². The molecular weight excluding hydrogens is 423 g/mol. The number of oxime groups is 1. The minimum absolute atomic E-state index is 0.308. The summed E-state index contributed by atoms with van der Waals surface area (Å²) in [4.78, 5) is 17.8. The molecule has 4 rings (SSSR count). The average molecular weight is 438 g/mol. The third-order valence-electron chi connectivity index (χ3n) is 4.85. The van der Waals surface area contributed by atoms with E-state index in [-0.39, 0.29) is 0 Å². The van der Waals surface area contributed by atoms with Gasteiger partial charge in [0.2, 0.25) is 0 Å². The van der Waals surface area contributed by atoms with Gasteiger partial charge in [-0.3, -0.25) is 0 Å². The number of methoxy groups -OCH3 is 1. The first-order valence-electron chi connectivity index (χ1n) is 8.43. The number of pyridine rings is 1. The summed E-state index contributed by atoms with van der Waals surface area (Å²) in [5.41, 5.74) is 2.81. The normalized spacial score (nSPS) is 18.8. The van der Waals surface area contributed by atoms with Gasteiger partial charge in [0.05, 0.1) is 39.0 Å². The van der Waals surface area contributed by atoms with Crippen molar-refractivity contribution in [2.45, 2.75) is 18.9 Å². The number of esters is 1. The lowest BCUT2D eigenvalue weighted by atomic mass is 9.90. The van der Waals surface area contributed by atoms with E-state index >= 15 is 0 Å². The summed E-state index contributed by atoms with van der Waals surface area (Å²) in [6, 6.07) is 10.7. The van der Waals surface area contributed by atoms with E-state index in [9.17, 15) is 4.79 Å². The van der Waals surface area contributed by atoms with E-state index in [0.717, 1.165) is 22.5 Å². The van der Waals surface area contributed by atoms with Crippen molar-refractivity contribution in [3.63, 3.8) is 0 Å². The number of halogens is 3. The molecule has 2 aromatic heterocycles. The van der Waals surface area contributed by atoms with Crippen LogP contribution in [0.1, 0.15) is 35.0 Å². The Kier molecular flexibility index (Phi) is 4.78. The summed E-state index contributed by atoms with van der Waals surface area (Å²) in [6.07, 6.45) is 2.36. The highest BCUT2D eigenvalue weighted by atomic mass is 35.5. The van der Waals surface area contributed by atoms with Crippen molar-refractivity contribution in [1.82, 2.24) is 4.40 Å². The molecule has 0 spiro atoms. The van der Waals surface area contributed by atoms with Crippen LogP contribution in [0.15, 0.2) is 47.8 Å². The van der Waals surface area contributed by atoms with Crippen LogP contribution in [0.2, 0.25) is 15.1 Å². The van der Waals surface area contributed by atoms with Crippen LogP contribution in [0.25, 0.3) is 5.52 Å². The molecule has 1 aliphatic rings. The van der Waals surface area contributed by atoms with Crippen molar-refractivity contribution in [2.24, 2.45) is 5.16 Å². The fraction of sp³-hybridized carbons (Fsp3) is 0.200. The summed E-state index contributed by atoms with van der Waals surface area (Å²) < 4.78 is 6.75. The maximum absolute atomic E-state index is 12.0. The van der Waals surface area contributed by atoms with Crippen molar-refractivity contribution in [3.8, 4) is 0 Å². The summed E-state index contributed by atoms with van der Waals surface area (Å²) >= 11 is 18.4. The molecule has 0 bridgehead atoms. The first kappa shape index (κ1) is 19.1. The number of ether oxygens (including phenoxy) is 1. The topological polar surface area (TPSA) is 52.3 Å². The number of rotatable bonds is 3. The van der Waals surface area contributed by atoms with Crippen LogP contribution in [-0.2, 0) is 15.2 Å². The largest absolute Gasteiger partial charge is 0.465 e. The highest BCUT2D eigenvalue weighted by molar-refractivity contribution is 6.48. The zero-order chi connectivity index (χ0) is 20.1. The molecule has 144 valence electrons. The first-order valence-corrected chi connectivity index (χ1v) is 9.56. The minimum Gasteiger partial charge on any atom is -0.465 e. The number of fused-ring (bicyclic) bond motifs is 1. The van der Waals surface area contributed by atoms with Crippen LogP contribution >= 0.6 is 34.8 Å². The van der Waals surface area contributed by atoms with Gasteiger partial charge in [0, 0.05) is 18.2 Å². The third-order valence-corrected chi connectivity index (χ3v) is 6.05. The van der Waals surface area contributed by atoms with Gasteiger partial charge in [0.1, 0.15) is 5.71 Å². The predicted octanol–water partition coefficient (Wildman–Crippen LogP) is 5.73. The molecule has 1 atom stereocenters. The van der Waals surface area contributed by atoms with Gasteiger partial charge < -0.3 is 14.0 Å². The lowest BCUT2D eigenvalue weighted by molar-refractivity contribution is -0.00737. The number of aromatic nitrogens is 1. The lowest BCUT2D eigenvalue weighted by Gasteiger charge is -2.23. The van der Waals surface area contributed by atoms with Gasteiger partial charge in [-0.1, -0.05) is 40.0 Å². The monoisotopic (exact) mass is 436 g/mol. The molecule has 0 radical (unpaired) electrons. The van der Waals surface area contributed by atoms with Crippen molar-refractivity contribution in [1.29, 1.82) is 0 Å². The smallest absolute Gasteiger partial charge is 0.339 e. The quantitative estimate of drug-likeness (QED) is 0.388. The average Bonchev–Trinajstić information content (AvgIpc) is 3.32. The Hall–Kier alpha value is -2.21. The number of carbonyl (C=O) groups excluding carboxylic acids is 1. The molecule has 0 saturated carbocycles. The van der Waals surface area contributed by atoms with Crippen molar-refractivity contribution < 1.29 is 14.4 Å². The SMILES string of the molecule is COC(=O)c1ccc(C2=NOC(C)(c3cc(Cl)c(Cl)c(Cl)c3)C2)n2cccc12. The van der Waals surface area contributed by atoms with Crippen LogP contribution in [0, 0.1) is 0 Å². The maximum atomic E-state index is 12.0. The second-order valence-corrected chi connectivity index (χ2v) is 7.87. The van der Waals surface area contributed by atoms with Gasteiger partial charge >= 0.3 is 5.97 Å². The fourth-order valence-corrected chi connectivity index (χ4v) is 3.95. The Morgan fingerprint density at radius 1 is 1.21 bits per heavy atom. The van der Waals surface area contributed by atoms with E-state index in [1.165, 1.54) is 7.11 Å². The van der Waals surface area contributed by atoms with Gasteiger partial charge in [0.15, 0.2) is 5.60 Å². The van der Waals surface area contributed by atoms with Gasteiger partial charge in [-0.2, -0.15) is 0 Å². The standard InChI is InChI=1S/C20H15Cl3N2O3/c1-20(11-8-13(21)18(23)14(22)9-11)10-15(24-28-20)17-6-5-12(19(26)27-2)16-4-3-7-25(16)17/h3-9H,10H2,1-2H3. The van der Waals surface area contributed by atoms with Crippen LogP contribution in [-0.4, -0.2) is 23.2 Å². The Bertz CT molecular complexity index is 1120. The number of benzene rings is 1.